The van der Waals surface area contributed by atoms with Gasteiger partial charge in [0.25, 0.3) is 0 Å². The van der Waals surface area contributed by atoms with Gasteiger partial charge in [0.15, 0.2) is 6.04 Å². The molecule has 1 atom stereocenters. The Morgan fingerprint density at radius 3 is 2.50 bits per heavy atom. The average Bonchev–Trinajstić information content (AvgIpc) is 2.25. The van der Waals surface area contributed by atoms with Gasteiger partial charge in [-0.1, -0.05) is 44.2 Å². The predicted molar refractivity (Wildman–Crippen MR) is 60.7 cm³/mol. The van der Waals surface area contributed by atoms with Crippen LogP contribution in [0.4, 0.5) is 0 Å². The minimum Gasteiger partial charge on any atom is -0.480 e. The molecule has 4 heteroatoms. The van der Waals surface area contributed by atoms with Crippen LogP contribution < -0.4 is 5.48 Å². The Morgan fingerprint density at radius 1 is 1.38 bits per heavy atom. The maximum atomic E-state index is 11.0. The van der Waals surface area contributed by atoms with E-state index in [-0.39, 0.29) is 0 Å². The number of hydroxylamine groups is 1. The first kappa shape index (κ1) is 12.7. The number of carboxylic acids is 1. The van der Waals surface area contributed by atoms with Crippen molar-refractivity contribution in [2.24, 2.45) is 5.92 Å². The lowest BCUT2D eigenvalue weighted by Gasteiger charge is -2.15. The molecule has 0 heterocycles. The number of carbonyl (C=O) groups is 1. The minimum absolute atomic E-state index is 0.359. The molecule has 0 aromatic heterocycles. The Morgan fingerprint density at radius 2 is 2.00 bits per heavy atom. The molecule has 88 valence electrons. The predicted octanol–water partition coefficient (Wildman–Crippen LogP) is 1.99. The van der Waals surface area contributed by atoms with Gasteiger partial charge in [-0.3, -0.25) is 4.79 Å². The van der Waals surface area contributed by atoms with Crippen molar-refractivity contribution in [3.05, 3.63) is 35.9 Å². The van der Waals surface area contributed by atoms with E-state index in [0.29, 0.717) is 18.1 Å². The summed E-state index contributed by atoms with van der Waals surface area (Å²) in [5.74, 6) is -0.590. The summed E-state index contributed by atoms with van der Waals surface area (Å²) >= 11 is 0. The summed E-state index contributed by atoms with van der Waals surface area (Å²) in [4.78, 5) is 16.2. The van der Waals surface area contributed by atoms with Gasteiger partial charge in [-0.25, -0.2) is 0 Å². The molecule has 0 saturated heterocycles. The van der Waals surface area contributed by atoms with Crippen LogP contribution in [0, 0.1) is 5.92 Å². The summed E-state index contributed by atoms with van der Waals surface area (Å²) in [7, 11) is 0. The summed E-state index contributed by atoms with van der Waals surface area (Å²) < 4.78 is 0. The van der Waals surface area contributed by atoms with Gasteiger partial charge >= 0.3 is 5.97 Å². The lowest BCUT2D eigenvalue weighted by atomic mass is 10.1. The van der Waals surface area contributed by atoms with Crippen LogP contribution in [-0.4, -0.2) is 17.7 Å². The van der Waals surface area contributed by atoms with Crippen molar-refractivity contribution in [2.45, 2.75) is 19.9 Å². The van der Waals surface area contributed by atoms with Gasteiger partial charge in [-0.2, -0.15) is 5.48 Å². The van der Waals surface area contributed by atoms with Gasteiger partial charge in [0.1, 0.15) is 0 Å². The maximum absolute atomic E-state index is 11.0. The maximum Gasteiger partial charge on any atom is 0.327 e. The van der Waals surface area contributed by atoms with Crippen molar-refractivity contribution in [3.8, 4) is 0 Å². The van der Waals surface area contributed by atoms with Gasteiger partial charge in [0.05, 0.1) is 6.61 Å². The molecule has 0 bridgehead atoms. The second-order valence-corrected chi connectivity index (χ2v) is 4.00. The summed E-state index contributed by atoms with van der Waals surface area (Å²) in [6.07, 6.45) is 0. The van der Waals surface area contributed by atoms with Crippen molar-refractivity contribution >= 4 is 5.97 Å². The van der Waals surface area contributed by atoms with E-state index in [1.165, 1.54) is 0 Å². The average molecular weight is 223 g/mol. The zero-order chi connectivity index (χ0) is 12.0. The van der Waals surface area contributed by atoms with Crippen LogP contribution in [0.5, 0.6) is 0 Å². The molecule has 0 aliphatic heterocycles. The zero-order valence-corrected chi connectivity index (χ0v) is 9.51. The molecule has 0 amide bonds. The Bertz CT molecular complexity index is 324. The number of aliphatic carboxylic acids is 1. The topological polar surface area (TPSA) is 58.6 Å². The van der Waals surface area contributed by atoms with Crippen LogP contribution in [0.1, 0.15) is 25.5 Å². The first-order valence-corrected chi connectivity index (χ1v) is 5.26. The number of hydrogen-bond acceptors (Lipinski definition) is 3. The number of hydrogen-bond donors (Lipinski definition) is 2. The largest absolute Gasteiger partial charge is 0.480 e. The zero-order valence-electron chi connectivity index (χ0n) is 9.51. The Labute approximate surface area is 95.2 Å². The molecular weight excluding hydrogens is 206 g/mol. The molecule has 0 radical (unpaired) electrons. The molecule has 0 aliphatic rings. The van der Waals surface area contributed by atoms with E-state index >= 15 is 0 Å². The summed E-state index contributed by atoms with van der Waals surface area (Å²) in [5.41, 5.74) is 3.25. The van der Waals surface area contributed by atoms with E-state index in [0.717, 1.165) is 0 Å². The monoisotopic (exact) mass is 223 g/mol. The van der Waals surface area contributed by atoms with E-state index < -0.39 is 12.0 Å². The molecule has 0 spiro atoms. The Hall–Kier alpha value is -1.39. The lowest BCUT2D eigenvalue weighted by molar-refractivity contribution is -0.144. The molecule has 0 fully saturated rings. The van der Waals surface area contributed by atoms with Gasteiger partial charge in [0, 0.05) is 0 Å². The molecule has 2 N–H and O–H groups in total. The summed E-state index contributed by atoms with van der Waals surface area (Å²) in [6.45, 7) is 4.48. The smallest absolute Gasteiger partial charge is 0.327 e. The van der Waals surface area contributed by atoms with Gasteiger partial charge in [-0.15, -0.1) is 0 Å². The molecule has 1 aromatic carbocycles. The highest BCUT2D eigenvalue weighted by atomic mass is 16.6. The SMILES string of the molecule is CC(C)CONC(C(=O)O)c1ccccc1. The van der Waals surface area contributed by atoms with E-state index in [4.69, 9.17) is 9.94 Å². The standard InChI is InChI=1S/C12H17NO3/c1-9(2)8-16-13-11(12(14)15)10-6-4-3-5-7-10/h3-7,9,11,13H,8H2,1-2H3,(H,14,15). The van der Waals surface area contributed by atoms with Crippen molar-refractivity contribution in [3.63, 3.8) is 0 Å². The molecule has 1 rings (SSSR count). The number of carboxylic acid groups (broad SMARTS) is 1. The highest BCUT2D eigenvalue weighted by Gasteiger charge is 2.19. The van der Waals surface area contributed by atoms with E-state index in [2.05, 4.69) is 5.48 Å². The third-order valence-corrected chi connectivity index (χ3v) is 2.00. The second-order valence-electron chi connectivity index (χ2n) is 4.00. The first-order chi connectivity index (χ1) is 7.61. The number of rotatable bonds is 6. The normalized spacial score (nSPS) is 12.7. The van der Waals surface area contributed by atoms with Gasteiger partial charge in [-0.05, 0) is 11.5 Å². The van der Waals surface area contributed by atoms with Crippen LogP contribution in [0.2, 0.25) is 0 Å². The second kappa shape index (κ2) is 6.25. The Kier molecular flexibility index (Phi) is 4.95. The van der Waals surface area contributed by atoms with Crippen LogP contribution >= 0.6 is 0 Å². The highest BCUT2D eigenvalue weighted by molar-refractivity contribution is 5.75. The molecule has 0 aliphatic carbocycles. The highest BCUT2D eigenvalue weighted by Crippen LogP contribution is 2.12. The molecule has 16 heavy (non-hydrogen) atoms. The minimum atomic E-state index is -0.949. The summed E-state index contributed by atoms with van der Waals surface area (Å²) in [5, 5.41) is 9.05. The molecule has 1 unspecified atom stereocenters. The lowest BCUT2D eigenvalue weighted by Crippen LogP contribution is -2.29. The van der Waals surface area contributed by atoms with Crippen LogP contribution in [-0.2, 0) is 9.63 Å². The van der Waals surface area contributed by atoms with Crippen LogP contribution in [0.25, 0.3) is 0 Å². The van der Waals surface area contributed by atoms with Crippen molar-refractivity contribution in [1.82, 2.24) is 5.48 Å². The number of nitrogens with one attached hydrogen (secondary N) is 1. The molecule has 0 saturated carbocycles. The third kappa shape index (κ3) is 4.00. The van der Waals surface area contributed by atoms with Crippen molar-refractivity contribution in [1.29, 1.82) is 0 Å². The fourth-order valence-electron chi connectivity index (χ4n) is 1.20. The molecular formula is C12H17NO3. The summed E-state index contributed by atoms with van der Waals surface area (Å²) in [6, 6.07) is 8.14. The van der Waals surface area contributed by atoms with E-state index in [1.807, 2.05) is 19.9 Å². The van der Waals surface area contributed by atoms with Gasteiger partial charge in [0.2, 0.25) is 0 Å². The van der Waals surface area contributed by atoms with Gasteiger partial charge < -0.3 is 9.94 Å². The first-order valence-electron chi connectivity index (χ1n) is 5.26. The van der Waals surface area contributed by atoms with Crippen molar-refractivity contribution < 1.29 is 14.7 Å². The fourth-order valence-corrected chi connectivity index (χ4v) is 1.20. The molecule has 4 nitrogen and oxygen atoms in total. The van der Waals surface area contributed by atoms with E-state index in [9.17, 15) is 4.79 Å². The third-order valence-electron chi connectivity index (χ3n) is 2.00. The quantitative estimate of drug-likeness (QED) is 0.724. The van der Waals surface area contributed by atoms with Crippen LogP contribution in [0.15, 0.2) is 30.3 Å². The van der Waals surface area contributed by atoms with Crippen LogP contribution in [0.3, 0.4) is 0 Å². The number of benzene rings is 1. The fraction of sp³-hybridized carbons (Fsp3) is 0.417. The van der Waals surface area contributed by atoms with E-state index in [1.54, 1.807) is 24.3 Å². The Balaban J connectivity index is 2.59. The van der Waals surface area contributed by atoms with Crippen molar-refractivity contribution in [2.75, 3.05) is 6.61 Å². The molecule has 1 aromatic rings.